The third-order valence-corrected chi connectivity index (χ3v) is 1.52. The minimum absolute atomic E-state index is 0.106. The molecule has 0 spiro atoms. The van der Waals surface area contributed by atoms with E-state index in [1.165, 1.54) is 18.2 Å². The third-order valence-electron chi connectivity index (χ3n) is 1.52. The number of hydrogen-bond donors (Lipinski definition) is 0. The lowest BCUT2D eigenvalue weighted by Gasteiger charge is -2.06. The second kappa shape index (κ2) is 3.85. The van der Waals surface area contributed by atoms with E-state index in [0.717, 1.165) is 0 Å². The molecule has 1 aromatic rings. The molecule has 0 N–H and O–H groups in total. The van der Waals surface area contributed by atoms with Crippen molar-refractivity contribution in [2.75, 3.05) is 0 Å². The molecule has 0 amide bonds. The van der Waals surface area contributed by atoms with Crippen LogP contribution in [0, 0.1) is 18.3 Å². The Morgan fingerprint density at radius 2 is 2.15 bits per heavy atom. The summed E-state index contributed by atoms with van der Waals surface area (Å²) in [5.74, 6) is 0.106. The Kier molecular flexibility index (Phi) is 2.80. The van der Waals surface area contributed by atoms with Gasteiger partial charge in [0.1, 0.15) is 5.75 Å². The molecule has 0 radical (unpaired) electrons. The van der Waals surface area contributed by atoms with Crippen LogP contribution in [0.3, 0.4) is 0 Å². The number of halogens is 2. The highest BCUT2D eigenvalue weighted by molar-refractivity contribution is 5.41. The van der Waals surface area contributed by atoms with Gasteiger partial charge in [-0.1, -0.05) is 0 Å². The van der Waals surface area contributed by atoms with Crippen molar-refractivity contribution < 1.29 is 13.5 Å². The molecule has 0 atom stereocenters. The molecule has 13 heavy (non-hydrogen) atoms. The van der Waals surface area contributed by atoms with E-state index in [1.807, 2.05) is 6.07 Å². The number of alkyl halides is 2. The van der Waals surface area contributed by atoms with Crippen molar-refractivity contribution in [2.45, 2.75) is 13.5 Å². The lowest BCUT2D eigenvalue weighted by Crippen LogP contribution is -2.03. The minimum atomic E-state index is -2.83. The summed E-state index contributed by atoms with van der Waals surface area (Å²) < 4.78 is 27.8. The molecule has 4 heteroatoms. The van der Waals surface area contributed by atoms with Gasteiger partial charge in [-0.15, -0.1) is 0 Å². The third kappa shape index (κ3) is 2.41. The van der Waals surface area contributed by atoms with Crippen LogP contribution in [0.25, 0.3) is 0 Å². The molecular weight excluding hydrogens is 176 g/mol. The number of nitrogens with zero attached hydrogens (tertiary/aromatic N) is 1. The summed E-state index contributed by atoms with van der Waals surface area (Å²) in [4.78, 5) is 0. The zero-order chi connectivity index (χ0) is 9.84. The minimum Gasteiger partial charge on any atom is -0.435 e. The second-order valence-electron chi connectivity index (χ2n) is 2.47. The maximum absolute atomic E-state index is 11.8. The van der Waals surface area contributed by atoms with Gasteiger partial charge in [-0.2, -0.15) is 14.0 Å². The Morgan fingerprint density at radius 1 is 1.46 bits per heavy atom. The number of ether oxygens (including phenoxy) is 1. The fraction of sp³-hybridized carbons (Fsp3) is 0.222. The van der Waals surface area contributed by atoms with Gasteiger partial charge >= 0.3 is 6.61 Å². The van der Waals surface area contributed by atoms with Crippen molar-refractivity contribution in [1.82, 2.24) is 0 Å². The highest BCUT2D eigenvalue weighted by Crippen LogP contribution is 2.20. The standard InChI is InChI=1S/C9H7F2NO/c1-6-4-7(5-12)2-3-8(6)13-9(10)11/h2-4,9H,1H3. The molecule has 2 nitrogen and oxygen atoms in total. The van der Waals surface area contributed by atoms with Gasteiger partial charge in [-0.05, 0) is 30.7 Å². The Labute approximate surface area is 74.4 Å². The maximum Gasteiger partial charge on any atom is 0.387 e. The average Bonchev–Trinajstić information content (AvgIpc) is 2.08. The quantitative estimate of drug-likeness (QED) is 0.705. The molecule has 0 aliphatic heterocycles. The molecule has 0 bridgehead atoms. The molecule has 0 aromatic heterocycles. The lowest BCUT2D eigenvalue weighted by molar-refractivity contribution is -0.0502. The highest BCUT2D eigenvalue weighted by atomic mass is 19.3. The van der Waals surface area contributed by atoms with E-state index < -0.39 is 6.61 Å². The van der Waals surface area contributed by atoms with Crippen LogP contribution in [0.1, 0.15) is 11.1 Å². The van der Waals surface area contributed by atoms with Crippen LogP contribution in [-0.4, -0.2) is 6.61 Å². The molecule has 1 rings (SSSR count). The zero-order valence-corrected chi connectivity index (χ0v) is 6.92. The normalized spacial score (nSPS) is 9.77. The summed E-state index contributed by atoms with van der Waals surface area (Å²) in [6, 6.07) is 6.20. The average molecular weight is 183 g/mol. The molecule has 1 aromatic carbocycles. The van der Waals surface area contributed by atoms with E-state index in [9.17, 15) is 8.78 Å². The first-order valence-corrected chi connectivity index (χ1v) is 3.59. The summed E-state index contributed by atoms with van der Waals surface area (Å²) in [7, 11) is 0. The molecule has 0 heterocycles. The fourth-order valence-corrected chi connectivity index (χ4v) is 0.947. The lowest BCUT2D eigenvalue weighted by atomic mass is 10.1. The molecule has 0 unspecified atom stereocenters. The summed E-state index contributed by atoms with van der Waals surface area (Å²) >= 11 is 0. The van der Waals surface area contributed by atoms with Gasteiger partial charge in [-0.25, -0.2) is 0 Å². The molecule has 68 valence electrons. The van der Waals surface area contributed by atoms with Crippen molar-refractivity contribution in [3.05, 3.63) is 29.3 Å². The molecule has 0 aliphatic rings. The number of nitriles is 1. The van der Waals surface area contributed by atoms with Crippen LogP contribution in [0.2, 0.25) is 0 Å². The summed E-state index contributed by atoms with van der Waals surface area (Å²) in [5, 5.41) is 8.50. The molecule has 0 fully saturated rings. The van der Waals surface area contributed by atoms with E-state index in [1.54, 1.807) is 6.92 Å². The Bertz CT molecular complexity index is 344. The van der Waals surface area contributed by atoms with Gasteiger partial charge in [0, 0.05) is 0 Å². The number of aryl methyl sites for hydroxylation is 1. The smallest absolute Gasteiger partial charge is 0.387 e. The van der Waals surface area contributed by atoms with Crippen molar-refractivity contribution in [2.24, 2.45) is 0 Å². The fourth-order valence-electron chi connectivity index (χ4n) is 0.947. The van der Waals surface area contributed by atoms with Gasteiger partial charge in [0.05, 0.1) is 11.6 Å². The van der Waals surface area contributed by atoms with Crippen molar-refractivity contribution >= 4 is 0 Å². The zero-order valence-electron chi connectivity index (χ0n) is 6.92. The predicted octanol–water partition coefficient (Wildman–Crippen LogP) is 2.47. The Balaban J connectivity index is 2.93. The van der Waals surface area contributed by atoms with Crippen LogP contribution in [0.15, 0.2) is 18.2 Å². The SMILES string of the molecule is Cc1cc(C#N)ccc1OC(F)F. The Morgan fingerprint density at radius 3 is 2.62 bits per heavy atom. The number of rotatable bonds is 2. The van der Waals surface area contributed by atoms with Crippen LogP contribution < -0.4 is 4.74 Å². The number of benzene rings is 1. The summed E-state index contributed by atoms with van der Waals surface area (Å²) in [6.07, 6.45) is 0. The number of hydrogen-bond acceptors (Lipinski definition) is 2. The van der Waals surface area contributed by atoms with E-state index in [2.05, 4.69) is 4.74 Å². The van der Waals surface area contributed by atoms with Crippen molar-refractivity contribution in [3.63, 3.8) is 0 Å². The van der Waals surface area contributed by atoms with Crippen molar-refractivity contribution in [1.29, 1.82) is 5.26 Å². The molecule has 0 aliphatic carbocycles. The van der Waals surface area contributed by atoms with E-state index in [-0.39, 0.29) is 5.75 Å². The van der Waals surface area contributed by atoms with Crippen LogP contribution in [0.5, 0.6) is 5.75 Å². The summed E-state index contributed by atoms with van der Waals surface area (Å²) in [6.45, 7) is -1.22. The first-order valence-electron chi connectivity index (χ1n) is 3.59. The van der Waals surface area contributed by atoms with E-state index in [4.69, 9.17) is 5.26 Å². The Hall–Kier alpha value is -1.63. The second-order valence-corrected chi connectivity index (χ2v) is 2.47. The van der Waals surface area contributed by atoms with Crippen LogP contribution in [0.4, 0.5) is 8.78 Å². The van der Waals surface area contributed by atoms with Crippen LogP contribution in [-0.2, 0) is 0 Å². The summed E-state index contributed by atoms with van der Waals surface area (Å²) in [5.41, 5.74) is 0.957. The van der Waals surface area contributed by atoms with Gasteiger partial charge in [0.15, 0.2) is 0 Å². The van der Waals surface area contributed by atoms with Crippen molar-refractivity contribution in [3.8, 4) is 11.8 Å². The molecule has 0 saturated carbocycles. The van der Waals surface area contributed by atoms with Crippen LogP contribution >= 0.6 is 0 Å². The predicted molar refractivity (Wildman–Crippen MR) is 42.5 cm³/mol. The largest absolute Gasteiger partial charge is 0.435 e. The molecular formula is C9H7F2NO. The van der Waals surface area contributed by atoms with Gasteiger partial charge < -0.3 is 4.74 Å². The molecule has 0 saturated heterocycles. The maximum atomic E-state index is 11.8. The first kappa shape index (κ1) is 9.46. The monoisotopic (exact) mass is 183 g/mol. The van der Waals surface area contributed by atoms with Gasteiger partial charge in [0.2, 0.25) is 0 Å². The first-order chi connectivity index (χ1) is 6.13. The van der Waals surface area contributed by atoms with E-state index >= 15 is 0 Å². The van der Waals surface area contributed by atoms with E-state index in [0.29, 0.717) is 11.1 Å². The van der Waals surface area contributed by atoms with Gasteiger partial charge in [-0.3, -0.25) is 0 Å². The highest BCUT2D eigenvalue weighted by Gasteiger charge is 2.06. The van der Waals surface area contributed by atoms with Gasteiger partial charge in [0.25, 0.3) is 0 Å². The topological polar surface area (TPSA) is 33.0 Å².